The van der Waals surface area contributed by atoms with Gasteiger partial charge in [-0.15, -0.1) is 23.5 Å². The van der Waals surface area contributed by atoms with E-state index in [1.165, 1.54) is 5.75 Å². The smallest absolute Gasteiger partial charge is 0.128 e. The molecule has 2 atom stereocenters. The van der Waals surface area contributed by atoms with Gasteiger partial charge in [0.25, 0.3) is 0 Å². The summed E-state index contributed by atoms with van der Waals surface area (Å²) in [6, 6.07) is 6.22. The molecule has 2 aliphatic heterocycles. The number of phenols is 1. The van der Waals surface area contributed by atoms with Gasteiger partial charge in [0.15, 0.2) is 0 Å². The van der Waals surface area contributed by atoms with Gasteiger partial charge in [-0.3, -0.25) is 9.89 Å². The van der Waals surface area contributed by atoms with Crippen molar-refractivity contribution in [3.8, 4) is 5.75 Å². The first-order valence-corrected chi connectivity index (χ1v) is 8.51. The number of thioether (sulfide) groups is 2. The zero-order valence-corrected chi connectivity index (χ0v) is 12.8. The summed E-state index contributed by atoms with van der Waals surface area (Å²) in [6.07, 6.45) is 0. The van der Waals surface area contributed by atoms with Crippen LogP contribution < -0.4 is 0 Å². The molecule has 19 heavy (non-hydrogen) atoms. The van der Waals surface area contributed by atoms with Gasteiger partial charge in [-0.1, -0.05) is 12.1 Å². The first kappa shape index (κ1) is 13.3. The van der Waals surface area contributed by atoms with Gasteiger partial charge < -0.3 is 5.11 Å². The summed E-state index contributed by atoms with van der Waals surface area (Å²) in [7, 11) is 2.17. The Bertz CT molecular complexity index is 518. The lowest BCUT2D eigenvalue weighted by Gasteiger charge is -2.21. The Balaban J connectivity index is 1.85. The summed E-state index contributed by atoms with van der Waals surface area (Å²) in [5.74, 6) is 2.59. The van der Waals surface area contributed by atoms with Crippen molar-refractivity contribution in [1.82, 2.24) is 4.90 Å². The van der Waals surface area contributed by atoms with Gasteiger partial charge in [-0.2, -0.15) is 0 Å². The molecule has 0 spiro atoms. The highest BCUT2D eigenvalue weighted by atomic mass is 32.2. The zero-order valence-electron chi connectivity index (χ0n) is 11.2. The fourth-order valence-electron chi connectivity index (χ4n) is 2.49. The van der Waals surface area contributed by atoms with Gasteiger partial charge >= 0.3 is 0 Å². The molecule has 1 aromatic carbocycles. The normalized spacial score (nSPS) is 27.8. The standard InChI is InChI=1S/C14H18N2OS2/c1-9-4-3-5-10(12(9)17)13-15-11(8-19-13)14-16(2)6-7-18-14/h3-5,11,14,17H,6-8H2,1-2H3/t11-,14+/m0/s1. The average molecular weight is 294 g/mol. The topological polar surface area (TPSA) is 35.8 Å². The van der Waals surface area contributed by atoms with Crippen LogP contribution >= 0.6 is 23.5 Å². The van der Waals surface area contributed by atoms with Gasteiger partial charge in [0.1, 0.15) is 10.8 Å². The zero-order chi connectivity index (χ0) is 13.4. The van der Waals surface area contributed by atoms with Crippen LogP contribution in [-0.4, -0.2) is 51.6 Å². The van der Waals surface area contributed by atoms with Crippen LogP contribution in [0.25, 0.3) is 0 Å². The van der Waals surface area contributed by atoms with Crippen molar-refractivity contribution in [3.05, 3.63) is 29.3 Å². The molecule has 0 saturated carbocycles. The number of hydrogen-bond acceptors (Lipinski definition) is 5. The third kappa shape index (κ3) is 2.51. The minimum Gasteiger partial charge on any atom is -0.507 e. The summed E-state index contributed by atoms with van der Waals surface area (Å²) in [4.78, 5) is 7.24. The minimum absolute atomic E-state index is 0.345. The predicted molar refractivity (Wildman–Crippen MR) is 84.5 cm³/mol. The Morgan fingerprint density at radius 2 is 2.26 bits per heavy atom. The van der Waals surface area contributed by atoms with Gasteiger partial charge in [0.05, 0.1) is 11.4 Å². The highest BCUT2D eigenvalue weighted by Gasteiger charge is 2.33. The van der Waals surface area contributed by atoms with E-state index in [0.29, 0.717) is 17.2 Å². The number of para-hydroxylation sites is 1. The Hall–Kier alpha value is -0.650. The van der Waals surface area contributed by atoms with Crippen LogP contribution in [-0.2, 0) is 0 Å². The fraction of sp³-hybridized carbons (Fsp3) is 0.500. The number of hydrogen-bond donors (Lipinski definition) is 1. The molecular formula is C14H18N2OS2. The maximum atomic E-state index is 10.2. The van der Waals surface area contributed by atoms with Crippen LogP contribution in [0.4, 0.5) is 0 Å². The number of aryl methyl sites for hydroxylation is 1. The minimum atomic E-state index is 0.345. The SMILES string of the molecule is Cc1cccc(C2=N[C@H]([C@H]3SCCN3C)CS2)c1O. The van der Waals surface area contributed by atoms with Gasteiger partial charge in [0, 0.05) is 23.6 Å². The second-order valence-corrected chi connectivity index (χ2v) is 7.26. The van der Waals surface area contributed by atoms with E-state index < -0.39 is 0 Å². The highest BCUT2D eigenvalue weighted by molar-refractivity contribution is 8.14. The third-order valence-electron chi connectivity index (χ3n) is 3.64. The molecule has 1 aromatic rings. The van der Waals surface area contributed by atoms with Crippen molar-refractivity contribution in [2.75, 3.05) is 25.1 Å². The van der Waals surface area contributed by atoms with E-state index >= 15 is 0 Å². The van der Waals surface area contributed by atoms with E-state index in [9.17, 15) is 5.11 Å². The molecule has 2 aliphatic rings. The molecular weight excluding hydrogens is 276 g/mol. The number of rotatable bonds is 2. The quantitative estimate of drug-likeness (QED) is 0.909. The molecule has 0 bridgehead atoms. The van der Waals surface area contributed by atoms with E-state index in [1.54, 1.807) is 11.8 Å². The lowest BCUT2D eigenvalue weighted by Crippen LogP contribution is -2.33. The summed E-state index contributed by atoms with van der Waals surface area (Å²) in [6.45, 7) is 3.08. The van der Waals surface area contributed by atoms with Gasteiger partial charge in [-0.05, 0) is 25.6 Å². The molecule has 3 rings (SSSR count). The summed E-state index contributed by atoms with van der Waals surface area (Å²) in [5.41, 5.74) is 1.80. The van der Waals surface area contributed by atoms with Gasteiger partial charge in [-0.25, -0.2) is 0 Å². The maximum absolute atomic E-state index is 10.2. The summed E-state index contributed by atoms with van der Waals surface area (Å²) in [5, 5.41) is 11.6. The molecule has 0 aliphatic carbocycles. The molecule has 0 aromatic heterocycles. The summed E-state index contributed by atoms with van der Waals surface area (Å²) < 4.78 is 0. The van der Waals surface area contributed by atoms with Crippen molar-refractivity contribution >= 4 is 28.6 Å². The van der Waals surface area contributed by atoms with E-state index in [0.717, 1.165) is 28.5 Å². The van der Waals surface area contributed by atoms with Crippen molar-refractivity contribution in [3.63, 3.8) is 0 Å². The van der Waals surface area contributed by atoms with Crippen LogP contribution in [0.3, 0.4) is 0 Å². The predicted octanol–water partition coefficient (Wildman–Crippen LogP) is 2.57. The van der Waals surface area contributed by atoms with Crippen LogP contribution in [0.5, 0.6) is 5.75 Å². The average Bonchev–Trinajstić information content (AvgIpc) is 3.01. The molecule has 102 valence electrons. The summed E-state index contributed by atoms with van der Waals surface area (Å²) >= 11 is 3.76. The molecule has 2 heterocycles. The molecule has 5 heteroatoms. The molecule has 3 nitrogen and oxygen atoms in total. The highest BCUT2D eigenvalue weighted by Crippen LogP contribution is 2.36. The molecule has 1 saturated heterocycles. The molecule has 0 amide bonds. The Morgan fingerprint density at radius 1 is 1.42 bits per heavy atom. The molecule has 1 fully saturated rings. The van der Waals surface area contributed by atoms with Crippen LogP contribution in [0.2, 0.25) is 0 Å². The maximum Gasteiger partial charge on any atom is 0.128 e. The molecule has 0 unspecified atom stereocenters. The number of nitrogens with zero attached hydrogens (tertiary/aromatic N) is 2. The number of likely N-dealkylation sites (N-methyl/N-ethyl adjacent to an activating group) is 1. The van der Waals surface area contributed by atoms with E-state index in [-0.39, 0.29) is 0 Å². The Kier molecular flexibility index (Phi) is 3.78. The van der Waals surface area contributed by atoms with Crippen molar-refractivity contribution < 1.29 is 5.11 Å². The Morgan fingerprint density at radius 3 is 3.00 bits per heavy atom. The van der Waals surface area contributed by atoms with E-state index in [1.807, 2.05) is 36.9 Å². The monoisotopic (exact) mass is 294 g/mol. The number of phenolic OH excluding ortho intramolecular Hbond substituents is 1. The Labute approximate surface area is 122 Å². The number of aromatic hydroxyl groups is 1. The van der Waals surface area contributed by atoms with Crippen molar-refractivity contribution in [1.29, 1.82) is 0 Å². The number of benzene rings is 1. The lowest BCUT2D eigenvalue weighted by atomic mass is 10.1. The van der Waals surface area contributed by atoms with Crippen LogP contribution in [0, 0.1) is 6.92 Å². The molecule has 1 N–H and O–H groups in total. The first-order chi connectivity index (χ1) is 9.16. The van der Waals surface area contributed by atoms with Crippen molar-refractivity contribution in [2.24, 2.45) is 4.99 Å². The van der Waals surface area contributed by atoms with Crippen LogP contribution in [0.1, 0.15) is 11.1 Å². The van der Waals surface area contributed by atoms with E-state index in [2.05, 4.69) is 11.9 Å². The second kappa shape index (κ2) is 5.38. The largest absolute Gasteiger partial charge is 0.507 e. The van der Waals surface area contributed by atoms with Crippen LogP contribution in [0.15, 0.2) is 23.2 Å². The first-order valence-electron chi connectivity index (χ1n) is 6.48. The third-order valence-corrected chi connectivity index (χ3v) is 6.18. The second-order valence-electron chi connectivity index (χ2n) is 5.03. The number of aliphatic imine (C=N–C) groups is 1. The molecule has 0 radical (unpaired) electrons. The van der Waals surface area contributed by atoms with E-state index in [4.69, 9.17) is 4.99 Å². The lowest BCUT2D eigenvalue weighted by molar-refractivity contribution is 0.328. The fourth-order valence-corrected chi connectivity index (χ4v) is 5.10. The van der Waals surface area contributed by atoms with Crippen molar-refractivity contribution in [2.45, 2.75) is 18.3 Å². The van der Waals surface area contributed by atoms with Gasteiger partial charge in [0.2, 0.25) is 0 Å².